The normalized spacial score (nSPS) is 16.1. The van der Waals surface area contributed by atoms with E-state index in [9.17, 15) is 4.79 Å². The molecule has 0 amide bonds. The summed E-state index contributed by atoms with van der Waals surface area (Å²) >= 11 is 0. The molecule has 0 saturated carbocycles. The Morgan fingerprint density at radius 2 is 1.67 bits per heavy atom. The average molecular weight is 396 g/mol. The van der Waals surface area contributed by atoms with Crippen molar-refractivity contribution >= 4 is 17.5 Å². The summed E-state index contributed by atoms with van der Waals surface area (Å²) in [6.45, 7) is 7.04. The number of ketones is 1. The summed E-state index contributed by atoms with van der Waals surface area (Å²) in [5, 5.41) is 0. The highest BCUT2D eigenvalue weighted by molar-refractivity contribution is 5.91. The number of hydrogen-bond acceptors (Lipinski definition) is 2. The molecule has 0 bridgehead atoms. The van der Waals surface area contributed by atoms with Gasteiger partial charge in [-0.2, -0.15) is 0 Å². The maximum atomic E-state index is 11.2. The van der Waals surface area contributed by atoms with Crippen molar-refractivity contribution in [3.8, 4) is 0 Å². The van der Waals surface area contributed by atoms with Crippen LogP contribution < -0.4 is 4.90 Å². The van der Waals surface area contributed by atoms with Gasteiger partial charge >= 0.3 is 0 Å². The van der Waals surface area contributed by atoms with Crippen LogP contribution in [0, 0.1) is 0 Å². The minimum Gasteiger partial charge on any atom is -0.360 e. The maximum absolute atomic E-state index is 11.2. The lowest BCUT2D eigenvalue weighted by molar-refractivity contribution is -0.112. The average Bonchev–Trinajstić information content (AvgIpc) is 2.77. The summed E-state index contributed by atoms with van der Waals surface area (Å²) in [4.78, 5) is 13.8. The molecule has 4 rings (SSSR count). The van der Waals surface area contributed by atoms with Crippen LogP contribution in [-0.2, 0) is 11.2 Å². The van der Waals surface area contributed by atoms with Crippen LogP contribution in [0.3, 0.4) is 0 Å². The Labute approximate surface area is 179 Å². The van der Waals surface area contributed by atoms with Crippen LogP contribution >= 0.6 is 0 Å². The molecule has 0 spiro atoms. The molecule has 0 aliphatic carbocycles. The van der Waals surface area contributed by atoms with E-state index in [4.69, 9.17) is 0 Å². The molecule has 152 valence electrons. The molecule has 1 unspecified atom stereocenters. The number of carbonyl (C=O) groups excluding carboxylic acids is 1. The largest absolute Gasteiger partial charge is 0.360 e. The zero-order chi connectivity index (χ0) is 21.1. The predicted molar refractivity (Wildman–Crippen MR) is 126 cm³/mol. The van der Waals surface area contributed by atoms with Crippen molar-refractivity contribution in [3.05, 3.63) is 107 Å². The number of carbonyl (C=O) groups is 1. The number of allylic oxidation sites excluding steroid dienone is 1. The molecule has 0 fully saturated rings. The van der Waals surface area contributed by atoms with Crippen molar-refractivity contribution in [2.45, 2.75) is 39.2 Å². The van der Waals surface area contributed by atoms with E-state index < -0.39 is 0 Å². The molecule has 0 saturated heterocycles. The van der Waals surface area contributed by atoms with Gasteiger partial charge in [-0.15, -0.1) is 0 Å². The highest BCUT2D eigenvalue weighted by atomic mass is 16.1. The van der Waals surface area contributed by atoms with Gasteiger partial charge in [-0.25, -0.2) is 0 Å². The summed E-state index contributed by atoms with van der Waals surface area (Å²) in [5.41, 5.74) is 7.76. The lowest BCUT2D eigenvalue weighted by atomic mass is 9.87. The topological polar surface area (TPSA) is 20.3 Å². The Kier molecular flexibility index (Phi) is 5.85. The maximum Gasteiger partial charge on any atom is 0.152 e. The van der Waals surface area contributed by atoms with Crippen LogP contribution in [-0.4, -0.2) is 12.3 Å². The third-order valence-electron chi connectivity index (χ3n) is 5.94. The van der Waals surface area contributed by atoms with Crippen molar-refractivity contribution in [1.29, 1.82) is 0 Å². The smallest absolute Gasteiger partial charge is 0.152 e. The van der Waals surface area contributed by atoms with E-state index in [1.54, 1.807) is 13.0 Å². The standard InChI is InChI=1S/C28H29NO/c1-20(2)23-14-16-26(17-15-23)29-19-18-24-6-4-5-7-27(24)28(29)25-12-10-22(11-13-25)9-8-21(3)30/h4-17,20,28H,18-19H2,1-3H3/b9-8+. The summed E-state index contributed by atoms with van der Waals surface area (Å²) in [5.74, 6) is 0.601. The second-order valence-electron chi connectivity index (χ2n) is 8.40. The van der Waals surface area contributed by atoms with E-state index in [1.165, 1.54) is 27.9 Å². The Morgan fingerprint density at radius 3 is 2.33 bits per heavy atom. The fourth-order valence-corrected chi connectivity index (χ4v) is 4.26. The third-order valence-corrected chi connectivity index (χ3v) is 5.94. The van der Waals surface area contributed by atoms with Crippen LogP contribution in [0.1, 0.15) is 60.5 Å². The van der Waals surface area contributed by atoms with Crippen molar-refractivity contribution < 1.29 is 4.79 Å². The quantitative estimate of drug-likeness (QED) is 0.456. The van der Waals surface area contributed by atoms with Crippen LogP contribution in [0.25, 0.3) is 6.08 Å². The monoisotopic (exact) mass is 395 g/mol. The molecule has 1 aliphatic rings. The summed E-state index contributed by atoms with van der Waals surface area (Å²) in [6.07, 6.45) is 4.55. The van der Waals surface area contributed by atoms with Crippen molar-refractivity contribution in [2.75, 3.05) is 11.4 Å². The van der Waals surface area contributed by atoms with Gasteiger partial charge in [-0.05, 0) is 65.3 Å². The Balaban J connectivity index is 1.73. The summed E-state index contributed by atoms with van der Waals surface area (Å²) in [7, 11) is 0. The second kappa shape index (κ2) is 8.71. The molecular formula is C28H29NO. The molecule has 2 heteroatoms. The first-order valence-electron chi connectivity index (χ1n) is 10.8. The van der Waals surface area contributed by atoms with Gasteiger partial charge in [0.1, 0.15) is 0 Å². The lowest BCUT2D eigenvalue weighted by Crippen LogP contribution is -2.36. The molecule has 0 radical (unpaired) electrons. The summed E-state index contributed by atoms with van der Waals surface area (Å²) < 4.78 is 0. The Hall–Kier alpha value is -3.13. The molecule has 30 heavy (non-hydrogen) atoms. The molecule has 0 aromatic heterocycles. The lowest BCUT2D eigenvalue weighted by Gasteiger charge is -2.39. The highest BCUT2D eigenvalue weighted by Crippen LogP contribution is 2.38. The first-order valence-corrected chi connectivity index (χ1v) is 10.8. The molecule has 1 atom stereocenters. The number of fused-ring (bicyclic) bond motifs is 1. The molecule has 1 heterocycles. The van der Waals surface area contributed by atoms with Crippen LogP contribution in [0.2, 0.25) is 0 Å². The highest BCUT2D eigenvalue weighted by Gasteiger charge is 2.28. The van der Waals surface area contributed by atoms with Crippen molar-refractivity contribution in [1.82, 2.24) is 0 Å². The van der Waals surface area contributed by atoms with Gasteiger partial charge in [0.2, 0.25) is 0 Å². The minimum absolute atomic E-state index is 0.0660. The second-order valence-corrected chi connectivity index (χ2v) is 8.40. The van der Waals surface area contributed by atoms with Crippen molar-refractivity contribution in [2.24, 2.45) is 0 Å². The van der Waals surface area contributed by atoms with E-state index in [-0.39, 0.29) is 11.8 Å². The van der Waals surface area contributed by atoms with Gasteiger partial charge in [-0.3, -0.25) is 4.79 Å². The van der Waals surface area contributed by atoms with Crippen molar-refractivity contribution in [3.63, 3.8) is 0 Å². The number of rotatable bonds is 5. The zero-order valence-corrected chi connectivity index (χ0v) is 18.0. The third kappa shape index (κ3) is 4.23. The number of anilines is 1. The first kappa shape index (κ1) is 20.2. The molecule has 2 nitrogen and oxygen atoms in total. The fraction of sp³-hybridized carbons (Fsp3) is 0.250. The Bertz CT molecular complexity index is 1040. The number of benzene rings is 3. The van der Waals surface area contributed by atoms with E-state index in [1.807, 2.05) is 6.08 Å². The van der Waals surface area contributed by atoms with E-state index in [0.717, 1.165) is 18.5 Å². The SMILES string of the molecule is CC(=O)/C=C/c1ccc(C2c3ccccc3CCN2c2ccc(C(C)C)cc2)cc1. The number of hydrogen-bond donors (Lipinski definition) is 0. The summed E-state index contributed by atoms with van der Waals surface area (Å²) in [6, 6.07) is 26.6. The van der Waals surface area contributed by atoms with Gasteiger partial charge in [0.15, 0.2) is 5.78 Å². The van der Waals surface area contributed by atoms with Gasteiger partial charge in [0.05, 0.1) is 6.04 Å². The number of nitrogens with zero attached hydrogens (tertiary/aromatic N) is 1. The fourth-order valence-electron chi connectivity index (χ4n) is 4.26. The van der Waals surface area contributed by atoms with E-state index in [2.05, 4.69) is 91.5 Å². The van der Waals surface area contributed by atoms with Gasteiger partial charge in [0, 0.05) is 12.2 Å². The molecular weight excluding hydrogens is 366 g/mol. The van der Waals surface area contributed by atoms with Crippen LogP contribution in [0.15, 0.2) is 78.9 Å². The van der Waals surface area contributed by atoms with Gasteiger partial charge < -0.3 is 4.90 Å². The van der Waals surface area contributed by atoms with Crippen LogP contribution in [0.4, 0.5) is 5.69 Å². The molecule has 3 aromatic carbocycles. The predicted octanol–water partition coefficient (Wildman–Crippen LogP) is 6.56. The van der Waals surface area contributed by atoms with E-state index >= 15 is 0 Å². The minimum atomic E-state index is 0.0660. The molecule has 1 aliphatic heterocycles. The zero-order valence-electron chi connectivity index (χ0n) is 18.0. The molecule has 3 aromatic rings. The Morgan fingerprint density at radius 1 is 0.967 bits per heavy atom. The van der Waals surface area contributed by atoms with Gasteiger partial charge in [-0.1, -0.05) is 80.6 Å². The van der Waals surface area contributed by atoms with Gasteiger partial charge in [0.25, 0.3) is 0 Å². The van der Waals surface area contributed by atoms with Crippen LogP contribution in [0.5, 0.6) is 0 Å². The molecule has 0 N–H and O–H groups in total. The van der Waals surface area contributed by atoms with E-state index in [0.29, 0.717) is 5.92 Å². The first-order chi connectivity index (χ1) is 14.5.